The van der Waals surface area contributed by atoms with Gasteiger partial charge in [-0.1, -0.05) is 12.1 Å². The molecule has 2 aliphatic heterocycles. The van der Waals surface area contributed by atoms with Crippen LogP contribution in [0.3, 0.4) is 0 Å². The van der Waals surface area contributed by atoms with Crippen LogP contribution in [0, 0.1) is 0 Å². The van der Waals surface area contributed by atoms with Crippen molar-refractivity contribution >= 4 is 5.91 Å². The first-order valence-corrected chi connectivity index (χ1v) is 8.52. The standard InChI is InChI=1S/C18H26N2O3/c1-22-15-6-2-5-14(11-15)17-8-3-9-20(17)13-18(21)19-12-16-7-4-10-23-16/h2,5-6,11,16-17H,3-4,7-10,12-13H2,1H3,(H,19,21)/t16-,17+/m1/s1. The zero-order valence-corrected chi connectivity index (χ0v) is 13.8. The Hall–Kier alpha value is -1.59. The zero-order chi connectivity index (χ0) is 16.1. The molecule has 1 N–H and O–H groups in total. The number of ether oxygens (including phenoxy) is 2. The monoisotopic (exact) mass is 318 g/mol. The number of nitrogens with one attached hydrogen (secondary N) is 1. The van der Waals surface area contributed by atoms with Crippen LogP contribution in [0.4, 0.5) is 0 Å². The highest BCUT2D eigenvalue weighted by Gasteiger charge is 2.28. The van der Waals surface area contributed by atoms with Crippen molar-refractivity contribution in [2.24, 2.45) is 0 Å². The van der Waals surface area contributed by atoms with Gasteiger partial charge in [0.1, 0.15) is 5.75 Å². The maximum atomic E-state index is 12.2. The first-order valence-electron chi connectivity index (χ1n) is 8.52. The minimum atomic E-state index is 0.0929. The van der Waals surface area contributed by atoms with Crippen molar-refractivity contribution in [3.63, 3.8) is 0 Å². The van der Waals surface area contributed by atoms with Gasteiger partial charge in [-0.25, -0.2) is 0 Å². The molecule has 0 aliphatic carbocycles. The number of nitrogens with zero attached hydrogens (tertiary/aromatic N) is 1. The summed E-state index contributed by atoms with van der Waals surface area (Å²) in [5, 5.41) is 3.02. The number of rotatable bonds is 6. The Morgan fingerprint density at radius 2 is 2.30 bits per heavy atom. The van der Waals surface area contributed by atoms with Crippen LogP contribution < -0.4 is 10.1 Å². The van der Waals surface area contributed by atoms with Crippen molar-refractivity contribution in [3.05, 3.63) is 29.8 Å². The summed E-state index contributed by atoms with van der Waals surface area (Å²) in [6.07, 6.45) is 4.57. The van der Waals surface area contributed by atoms with E-state index in [0.717, 1.165) is 44.6 Å². The van der Waals surface area contributed by atoms with Crippen molar-refractivity contribution in [2.45, 2.75) is 37.8 Å². The fourth-order valence-corrected chi connectivity index (χ4v) is 3.52. The van der Waals surface area contributed by atoms with Crippen LogP contribution >= 0.6 is 0 Å². The van der Waals surface area contributed by atoms with E-state index in [4.69, 9.17) is 9.47 Å². The molecule has 2 aliphatic rings. The third kappa shape index (κ3) is 4.24. The van der Waals surface area contributed by atoms with E-state index >= 15 is 0 Å². The Morgan fingerprint density at radius 3 is 3.09 bits per heavy atom. The molecule has 1 aromatic carbocycles. The smallest absolute Gasteiger partial charge is 0.234 e. The Morgan fingerprint density at radius 1 is 1.39 bits per heavy atom. The number of benzene rings is 1. The van der Waals surface area contributed by atoms with E-state index in [-0.39, 0.29) is 12.0 Å². The molecule has 1 aromatic rings. The minimum Gasteiger partial charge on any atom is -0.497 e. The second-order valence-corrected chi connectivity index (χ2v) is 6.34. The van der Waals surface area contributed by atoms with Gasteiger partial charge in [-0.2, -0.15) is 0 Å². The first-order chi connectivity index (χ1) is 11.3. The molecule has 2 heterocycles. The molecule has 5 heteroatoms. The maximum absolute atomic E-state index is 12.2. The minimum absolute atomic E-state index is 0.0929. The summed E-state index contributed by atoms with van der Waals surface area (Å²) in [6, 6.07) is 8.47. The van der Waals surface area contributed by atoms with Gasteiger partial charge in [-0.15, -0.1) is 0 Å². The van der Waals surface area contributed by atoms with Gasteiger partial charge in [0.25, 0.3) is 0 Å². The highest BCUT2D eigenvalue weighted by molar-refractivity contribution is 5.78. The summed E-state index contributed by atoms with van der Waals surface area (Å²) in [6.45, 7) is 2.88. The lowest BCUT2D eigenvalue weighted by Gasteiger charge is -2.24. The normalized spacial score (nSPS) is 24.7. The average molecular weight is 318 g/mol. The van der Waals surface area contributed by atoms with Gasteiger partial charge >= 0.3 is 0 Å². The van der Waals surface area contributed by atoms with E-state index in [2.05, 4.69) is 22.3 Å². The lowest BCUT2D eigenvalue weighted by atomic mass is 10.0. The molecule has 0 aromatic heterocycles. The number of hydrogen-bond acceptors (Lipinski definition) is 4. The lowest BCUT2D eigenvalue weighted by Crippen LogP contribution is -2.39. The summed E-state index contributed by atoms with van der Waals surface area (Å²) in [5.41, 5.74) is 1.23. The Bertz CT molecular complexity index is 529. The average Bonchev–Trinajstić information content (AvgIpc) is 3.24. The van der Waals surface area contributed by atoms with Crippen molar-refractivity contribution in [3.8, 4) is 5.75 Å². The Kier molecular flexibility index (Phi) is 5.51. The van der Waals surface area contributed by atoms with Crippen molar-refractivity contribution in [1.82, 2.24) is 10.2 Å². The Labute approximate surface area is 137 Å². The molecule has 5 nitrogen and oxygen atoms in total. The molecule has 0 bridgehead atoms. The number of methoxy groups -OCH3 is 1. The molecule has 2 saturated heterocycles. The van der Waals surface area contributed by atoms with Gasteiger partial charge in [0, 0.05) is 19.2 Å². The topological polar surface area (TPSA) is 50.8 Å². The molecular weight excluding hydrogens is 292 g/mol. The number of carbonyl (C=O) groups is 1. The van der Waals surface area contributed by atoms with Gasteiger partial charge in [0.2, 0.25) is 5.91 Å². The second kappa shape index (κ2) is 7.79. The number of likely N-dealkylation sites (tertiary alicyclic amines) is 1. The van der Waals surface area contributed by atoms with E-state index in [1.807, 2.05) is 12.1 Å². The van der Waals surface area contributed by atoms with Crippen LogP contribution in [0.15, 0.2) is 24.3 Å². The summed E-state index contributed by atoms with van der Waals surface area (Å²) >= 11 is 0. The quantitative estimate of drug-likeness (QED) is 0.873. The van der Waals surface area contributed by atoms with E-state index in [9.17, 15) is 4.79 Å². The molecule has 1 amide bonds. The summed E-state index contributed by atoms with van der Waals surface area (Å²) in [5.74, 6) is 0.965. The van der Waals surface area contributed by atoms with E-state index in [1.165, 1.54) is 5.56 Å². The number of carbonyl (C=O) groups excluding carboxylic acids is 1. The van der Waals surface area contributed by atoms with Gasteiger partial charge in [0.15, 0.2) is 0 Å². The molecule has 3 rings (SSSR count). The maximum Gasteiger partial charge on any atom is 0.234 e. The van der Waals surface area contributed by atoms with Gasteiger partial charge in [-0.3, -0.25) is 9.69 Å². The fraction of sp³-hybridized carbons (Fsp3) is 0.611. The molecule has 0 saturated carbocycles. The molecule has 23 heavy (non-hydrogen) atoms. The van der Waals surface area contributed by atoms with Gasteiger partial charge in [0.05, 0.1) is 19.8 Å². The third-order valence-corrected chi connectivity index (χ3v) is 4.74. The molecule has 0 radical (unpaired) electrons. The van der Waals surface area contributed by atoms with Gasteiger partial charge in [-0.05, 0) is 49.9 Å². The van der Waals surface area contributed by atoms with Crippen LogP contribution in [-0.4, -0.2) is 50.3 Å². The summed E-state index contributed by atoms with van der Waals surface area (Å²) < 4.78 is 10.9. The van der Waals surface area contributed by atoms with Crippen LogP contribution in [0.2, 0.25) is 0 Å². The van der Waals surface area contributed by atoms with Crippen LogP contribution in [-0.2, 0) is 9.53 Å². The van der Waals surface area contributed by atoms with E-state index in [0.29, 0.717) is 19.1 Å². The van der Waals surface area contributed by atoms with Gasteiger partial charge < -0.3 is 14.8 Å². The number of amides is 1. The third-order valence-electron chi connectivity index (χ3n) is 4.74. The van der Waals surface area contributed by atoms with Crippen molar-refractivity contribution in [2.75, 3.05) is 33.4 Å². The Balaban J connectivity index is 1.54. The molecule has 0 spiro atoms. The van der Waals surface area contributed by atoms with Crippen LogP contribution in [0.1, 0.15) is 37.3 Å². The van der Waals surface area contributed by atoms with E-state index < -0.39 is 0 Å². The SMILES string of the molecule is COc1cccc([C@@H]2CCCN2CC(=O)NC[C@H]2CCCO2)c1. The van der Waals surface area contributed by atoms with E-state index in [1.54, 1.807) is 7.11 Å². The van der Waals surface area contributed by atoms with Crippen molar-refractivity contribution in [1.29, 1.82) is 0 Å². The van der Waals surface area contributed by atoms with Crippen LogP contribution in [0.25, 0.3) is 0 Å². The van der Waals surface area contributed by atoms with Crippen molar-refractivity contribution < 1.29 is 14.3 Å². The zero-order valence-electron chi connectivity index (χ0n) is 13.8. The molecule has 2 atom stereocenters. The predicted molar refractivity (Wildman–Crippen MR) is 88.5 cm³/mol. The fourth-order valence-electron chi connectivity index (χ4n) is 3.52. The lowest BCUT2D eigenvalue weighted by molar-refractivity contribution is -0.123. The number of hydrogen-bond donors (Lipinski definition) is 1. The molecule has 126 valence electrons. The van der Waals surface area contributed by atoms with Crippen LogP contribution in [0.5, 0.6) is 5.75 Å². The molecule has 0 unspecified atom stereocenters. The first kappa shape index (κ1) is 16.3. The largest absolute Gasteiger partial charge is 0.497 e. The highest BCUT2D eigenvalue weighted by Crippen LogP contribution is 2.33. The summed E-state index contributed by atoms with van der Waals surface area (Å²) in [7, 11) is 1.68. The summed E-state index contributed by atoms with van der Waals surface area (Å²) in [4.78, 5) is 14.5. The molecule has 2 fully saturated rings. The molecular formula is C18H26N2O3. The predicted octanol–water partition coefficient (Wildman–Crippen LogP) is 2.13. The highest BCUT2D eigenvalue weighted by atomic mass is 16.5. The second-order valence-electron chi connectivity index (χ2n) is 6.34.